The Balaban J connectivity index is 2.12. The zero-order valence-corrected chi connectivity index (χ0v) is 12.8. The number of hydrogen-bond donors (Lipinski definition) is 1. The molecule has 0 bridgehead atoms. The monoisotopic (exact) mass is 276 g/mol. The van der Waals surface area contributed by atoms with Crippen molar-refractivity contribution in [2.45, 2.75) is 32.6 Å². The van der Waals surface area contributed by atoms with Crippen molar-refractivity contribution in [1.29, 1.82) is 0 Å². The van der Waals surface area contributed by atoms with Crippen LogP contribution in [0.4, 0.5) is 0 Å². The molecule has 3 nitrogen and oxygen atoms in total. The van der Waals surface area contributed by atoms with E-state index in [1.165, 1.54) is 31.5 Å². The van der Waals surface area contributed by atoms with Crippen molar-refractivity contribution in [1.82, 2.24) is 4.90 Å². The molecule has 1 aliphatic rings. The fraction of sp³-hybridized carbons (Fsp3) is 0.647. The average molecular weight is 276 g/mol. The third-order valence-corrected chi connectivity index (χ3v) is 4.52. The summed E-state index contributed by atoms with van der Waals surface area (Å²) in [6, 6.07) is 8.40. The Labute approximate surface area is 123 Å². The molecule has 1 aromatic rings. The number of benzene rings is 1. The highest BCUT2D eigenvalue weighted by Crippen LogP contribution is 2.36. The Kier molecular flexibility index (Phi) is 5.86. The highest BCUT2D eigenvalue weighted by molar-refractivity contribution is 5.37. The van der Waals surface area contributed by atoms with Gasteiger partial charge in [0.1, 0.15) is 5.75 Å². The maximum Gasteiger partial charge on any atom is 0.122 e. The first-order chi connectivity index (χ1) is 9.80. The van der Waals surface area contributed by atoms with Gasteiger partial charge in [0.25, 0.3) is 0 Å². The van der Waals surface area contributed by atoms with E-state index in [-0.39, 0.29) is 0 Å². The van der Waals surface area contributed by atoms with E-state index in [2.05, 4.69) is 30.0 Å². The van der Waals surface area contributed by atoms with Gasteiger partial charge in [-0.3, -0.25) is 0 Å². The van der Waals surface area contributed by atoms with E-state index in [4.69, 9.17) is 10.5 Å². The molecule has 0 saturated carbocycles. The Hall–Kier alpha value is -1.06. The lowest BCUT2D eigenvalue weighted by atomic mass is 9.79. The summed E-state index contributed by atoms with van der Waals surface area (Å²) in [6.45, 7) is 9.26. The summed E-state index contributed by atoms with van der Waals surface area (Å²) in [4.78, 5) is 2.53. The summed E-state index contributed by atoms with van der Waals surface area (Å²) in [7, 11) is 0. The average Bonchev–Trinajstić information content (AvgIpc) is 2.51. The summed E-state index contributed by atoms with van der Waals surface area (Å²) >= 11 is 0. The van der Waals surface area contributed by atoms with Crippen LogP contribution in [-0.2, 0) is 0 Å². The van der Waals surface area contributed by atoms with Crippen LogP contribution in [0.2, 0.25) is 0 Å². The molecule has 1 aliphatic heterocycles. The van der Waals surface area contributed by atoms with Crippen molar-refractivity contribution in [3.8, 4) is 5.75 Å². The fourth-order valence-electron chi connectivity index (χ4n) is 3.32. The molecule has 20 heavy (non-hydrogen) atoms. The third kappa shape index (κ3) is 3.53. The fourth-order valence-corrected chi connectivity index (χ4v) is 3.32. The zero-order chi connectivity index (χ0) is 14.4. The van der Waals surface area contributed by atoms with Gasteiger partial charge in [0.2, 0.25) is 0 Å². The van der Waals surface area contributed by atoms with Gasteiger partial charge in [-0.2, -0.15) is 0 Å². The molecule has 2 rings (SSSR count). The predicted octanol–water partition coefficient (Wildman–Crippen LogP) is 2.86. The van der Waals surface area contributed by atoms with Crippen LogP contribution in [0.1, 0.15) is 38.2 Å². The second-order valence-corrected chi connectivity index (χ2v) is 5.58. The molecule has 0 aliphatic carbocycles. The molecule has 0 spiro atoms. The van der Waals surface area contributed by atoms with Crippen molar-refractivity contribution < 1.29 is 4.74 Å². The number of likely N-dealkylation sites (tertiary alicyclic amines) is 1. The van der Waals surface area contributed by atoms with Gasteiger partial charge in [0.05, 0.1) is 6.61 Å². The molecule has 112 valence electrons. The summed E-state index contributed by atoms with van der Waals surface area (Å²) in [5.41, 5.74) is 7.40. The first-order valence-corrected chi connectivity index (χ1v) is 7.94. The molecule has 3 heteroatoms. The Bertz CT molecular complexity index is 400. The van der Waals surface area contributed by atoms with Crippen LogP contribution in [0, 0.1) is 5.92 Å². The van der Waals surface area contributed by atoms with Gasteiger partial charge in [-0.05, 0) is 63.5 Å². The van der Waals surface area contributed by atoms with Crippen LogP contribution in [0.3, 0.4) is 0 Å². The second-order valence-electron chi connectivity index (χ2n) is 5.58. The van der Waals surface area contributed by atoms with Crippen molar-refractivity contribution in [2.75, 3.05) is 32.8 Å². The van der Waals surface area contributed by atoms with E-state index < -0.39 is 0 Å². The normalized spacial score (nSPS) is 18.9. The minimum Gasteiger partial charge on any atom is -0.494 e. The molecule has 0 radical (unpaired) electrons. The van der Waals surface area contributed by atoms with Crippen LogP contribution in [0.15, 0.2) is 24.3 Å². The SMILES string of the molecule is CCOc1ccccc1C(CN)C1CCN(CC)CC1. The number of para-hydroxylation sites is 1. The van der Waals surface area contributed by atoms with Crippen molar-refractivity contribution in [3.05, 3.63) is 29.8 Å². The molecule has 1 heterocycles. The van der Waals surface area contributed by atoms with Gasteiger partial charge >= 0.3 is 0 Å². The first kappa shape index (κ1) is 15.3. The van der Waals surface area contributed by atoms with Crippen LogP contribution >= 0.6 is 0 Å². The smallest absolute Gasteiger partial charge is 0.122 e. The molecule has 0 amide bonds. The third-order valence-electron chi connectivity index (χ3n) is 4.52. The Morgan fingerprint density at radius 3 is 2.55 bits per heavy atom. The van der Waals surface area contributed by atoms with Gasteiger partial charge in [0, 0.05) is 5.92 Å². The van der Waals surface area contributed by atoms with Crippen LogP contribution in [0.5, 0.6) is 5.75 Å². The zero-order valence-electron chi connectivity index (χ0n) is 12.8. The van der Waals surface area contributed by atoms with Crippen LogP contribution in [0.25, 0.3) is 0 Å². The summed E-state index contributed by atoms with van der Waals surface area (Å²) in [5, 5.41) is 0. The van der Waals surface area contributed by atoms with Crippen molar-refractivity contribution in [3.63, 3.8) is 0 Å². The topological polar surface area (TPSA) is 38.5 Å². The lowest BCUT2D eigenvalue weighted by molar-refractivity contribution is 0.175. The minimum atomic E-state index is 0.428. The van der Waals surface area contributed by atoms with E-state index in [9.17, 15) is 0 Å². The highest BCUT2D eigenvalue weighted by atomic mass is 16.5. The number of nitrogens with zero attached hydrogens (tertiary/aromatic N) is 1. The molecule has 1 saturated heterocycles. The van der Waals surface area contributed by atoms with Crippen LogP contribution in [-0.4, -0.2) is 37.7 Å². The van der Waals surface area contributed by atoms with Gasteiger partial charge < -0.3 is 15.4 Å². The molecule has 0 aromatic heterocycles. The number of ether oxygens (including phenoxy) is 1. The first-order valence-electron chi connectivity index (χ1n) is 7.94. The summed E-state index contributed by atoms with van der Waals surface area (Å²) in [6.07, 6.45) is 2.49. The molecule has 1 aromatic carbocycles. The second kappa shape index (κ2) is 7.65. The van der Waals surface area contributed by atoms with E-state index in [1.807, 2.05) is 13.0 Å². The van der Waals surface area contributed by atoms with Crippen LogP contribution < -0.4 is 10.5 Å². The molecular weight excluding hydrogens is 248 g/mol. The largest absolute Gasteiger partial charge is 0.494 e. The Morgan fingerprint density at radius 1 is 1.25 bits per heavy atom. The van der Waals surface area contributed by atoms with Gasteiger partial charge in [-0.25, -0.2) is 0 Å². The lowest BCUT2D eigenvalue weighted by Gasteiger charge is -2.35. The van der Waals surface area contributed by atoms with E-state index in [0.29, 0.717) is 25.0 Å². The van der Waals surface area contributed by atoms with Gasteiger partial charge in [0.15, 0.2) is 0 Å². The maximum absolute atomic E-state index is 6.10. The predicted molar refractivity (Wildman–Crippen MR) is 84.2 cm³/mol. The molecule has 1 atom stereocenters. The Morgan fingerprint density at radius 2 is 1.95 bits per heavy atom. The molecule has 1 unspecified atom stereocenters. The number of nitrogens with two attached hydrogens (primary N) is 1. The van der Waals surface area contributed by atoms with Crippen molar-refractivity contribution >= 4 is 0 Å². The van der Waals surface area contributed by atoms with E-state index in [1.54, 1.807) is 0 Å². The maximum atomic E-state index is 6.10. The van der Waals surface area contributed by atoms with E-state index in [0.717, 1.165) is 12.3 Å². The quantitative estimate of drug-likeness (QED) is 0.868. The summed E-state index contributed by atoms with van der Waals surface area (Å²) < 4.78 is 5.79. The number of rotatable bonds is 6. The minimum absolute atomic E-state index is 0.428. The standard InChI is InChI=1S/C17H28N2O/c1-3-19-11-9-14(10-12-19)16(13-18)15-7-5-6-8-17(15)20-4-2/h5-8,14,16H,3-4,9-13,18H2,1-2H3. The molecular formula is C17H28N2O. The van der Waals surface area contributed by atoms with Crippen molar-refractivity contribution in [2.24, 2.45) is 11.7 Å². The summed E-state index contributed by atoms with van der Waals surface area (Å²) in [5.74, 6) is 2.13. The molecule has 1 fully saturated rings. The van der Waals surface area contributed by atoms with Gasteiger partial charge in [-0.15, -0.1) is 0 Å². The number of hydrogen-bond acceptors (Lipinski definition) is 3. The molecule has 2 N–H and O–H groups in total. The lowest BCUT2D eigenvalue weighted by Crippen LogP contribution is -2.37. The highest BCUT2D eigenvalue weighted by Gasteiger charge is 2.28. The van der Waals surface area contributed by atoms with Gasteiger partial charge in [-0.1, -0.05) is 25.1 Å². The van der Waals surface area contributed by atoms with E-state index >= 15 is 0 Å². The number of piperidine rings is 1.